The molecule has 2 heteroatoms. The van der Waals surface area contributed by atoms with Gasteiger partial charge < -0.3 is 9.40 Å². The van der Waals surface area contributed by atoms with Crippen LogP contribution < -0.4 is 0 Å². The van der Waals surface area contributed by atoms with E-state index in [-0.39, 0.29) is 0 Å². The van der Waals surface area contributed by atoms with Crippen LogP contribution in [0.15, 0.2) is 77.2 Å². The summed E-state index contributed by atoms with van der Waals surface area (Å²) in [4.78, 5) is 3.60. The van der Waals surface area contributed by atoms with Crippen LogP contribution in [-0.2, 0) is 0 Å². The van der Waals surface area contributed by atoms with Crippen molar-refractivity contribution in [1.29, 1.82) is 0 Å². The second kappa shape index (κ2) is 5.24. The Labute approximate surface area is 155 Å². The van der Waals surface area contributed by atoms with Gasteiger partial charge in [0.25, 0.3) is 0 Å². The number of fused-ring (bicyclic) bond motifs is 9. The van der Waals surface area contributed by atoms with Crippen LogP contribution in [0, 0.1) is 0 Å². The minimum atomic E-state index is 0.931. The molecule has 128 valence electrons. The normalized spacial score (nSPS) is 12.5. The molecule has 6 rings (SSSR count). The van der Waals surface area contributed by atoms with Gasteiger partial charge >= 0.3 is 0 Å². The van der Waals surface area contributed by atoms with Gasteiger partial charge in [-0.2, -0.15) is 0 Å². The third kappa shape index (κ3) is 1.90. The van der Waals surface area contributed by atoms with Gasteiger partial charge in [-0.1, -0.05) is 60.7 Å². The average molecular weight is 347 g/mol. The molecule has 0 amide bonds. The molecule has 0 aliphatic carbocycles. The first-order valence-electron chi connectivity index (χ1n) is 9.25. The summed E-state index contributed by atoms with van der Waals surface area (Å²) in [7, 11) is 0. The molecule has 0 spiro atoms. The zero-order valence-electron chi connectivity index (χ0n) is 14.9. The summed E-state index contributed by atoms with van der Waals surface area (Å²) in [6, 6.07) is 23.4. The molecule has 0 bridgehead atoms. The Balaban J connectivity index is 1.93. The maximum atomic E-state index is 6.38. The van der Waals surface area contributed by atoms with Crippen molar-refractivity contribution in [2.45, 2.75) is 6.92 Å². The van der Waals surface area contributed by atoms with Crippen LogP contribution in [0.1, 0.15) is 12.5 Å². The van der Waals surface area contributed by atoms with E-state index in [0.717, 1.165) is 27.6 Å². The van der Waals surface area contributed by atoms with Crippen molar-refractivity contribution >= 4 is 60.6 Å². The molecule has 0 saturated carbocycles. The average Bonchev–Trinajstić information content (AvgIpc) is 3.27. The van der Waals surface area contributed by atoms with Crippen LogP contribution >= 0.6 is 0 Å². The monoisotopic (exact) mass is 347 g/mol. The van der Waals surface area contributed by atoms with Crippen LogP contribution in [0.5, 0.6) is 0 Å². The largest absolute Gasteiger partial charge is 0.454 e. The van der Waals surface area contributed by atoms with Gasteiger partial charge in [0.15, 0.2) is 5.58 Å². The van der Waals surface area contributed by atoms with E-state index >= 15 is 0 Å². The fraction of sp³-hybridized carbons (Fsp3) is 0.0400. The van der Waals surface area contributed by atoms with Crippen molar-refractivity contribution in [2.75, 3.05) is 0 Å². The van der Waals surface area contributed by atoms with Crippen molar-refractivity contribution in [3.63, 3.8) is 0 Å². The maximum absolute atomic E-state index is 6.38. The lowest BCUT2D eigenvalue weighted by atomic mass is 9.99. The van der Waals surface area contributed by atoms with Gasteiger partial charge in [0.1, 0.15) is 5.58 Å². The molecule has 0 saturated heterocycles. The topological polar surface area (TPSA) is 28.9 Å². The van der Waals surface area contributed by atoms with E-state index in [2.05, 4.69) is 90.8 Å². The fourth-order valence-electron chi connectivity index (χ4n) is 4.37. The summed E-state index contributed by atoms with van der Waals surface area (Å²) < 4.78 is 6.38. The predicted octanol–water partition coefficient (Wildman–Crippen LogP) is 7.41. The zero-order valence-corrected chi connectivity index (χ0v) is 14.9. The number of hydrogen-bond acceptors (Lipinski definition) is 1. The summed E-state index contributed by atoms with van der Waals surface area (Å²) in [5.41, 5.74) is 5.29. The van der Waals surface area contributed by atoms with E-state index in [4.69, 9.17) is 4.42 Å². The van der Waals surface area contributed by atoms with Crippen molar-refractivity contribution < 1.29 is 4.42 Å². The number of H-pyrrole nitrogens is 1. The number of nitrogens with one attached hydrogen (secondary N) is 1. The molecular weight excluding hydrogens is 330 g/mol. The highest BCUT2D eigenvalue weighted by Crippen LogP contribution is 2.41. The highest BCUT2D eigenvalue weighted by Gasteiger charge is 2.17. The van der Waals surface area contributed by atoms with Gasteiger partial charge in [-0.25, -0.2) is 0 Å². The second-order valence-corrected chi connectivity index (χ2v) is 7.02. The number of furan rings is 1. The van der Waals surface area contributed by atoms with E-state index in [1.54, 1.807) is 0 Å². The number of aromatic amines is 1. The lowest BCUT2D eigenvalue weighted by Crippen LogP contribution is -1.79. The van der Waals surface area contributed by atoms with Gasteiger partial charge in [-0.05, 0) is 41.5 Å². The van der Waals surface area contributed by atoms with E-state index in [1.807, 2.05) is 0 Å². The lowest BCUT2D eigenvalue weighted by molar-refractivity contribution is 0.672. The molecule has 27 heavy (non-hydrogen) atoms. The predicted molar refractivity (Wildman–Crippen MR) is 115 cm³/mol. The van der Waals surface area contributed by atoms with Gasteiger partial charge in [0.2, 0.25) is 0 Å². The molecule has 0 atom stereocenters. The van der Waals surface area contributed by atoms with E-state index < -0.39 is 0 Å². The molecule has 6 aromatic rings. The van der Waals surface area contributed by atoms with E-state index in [0.29, 0.717) is 0 Å². The van der Waals surface area contributed by atoms with Crippen molar-refractivity contribution in [3.8, 4) is 0 Å². The molecule has 4 aromatic carbocycles. The molecule has 2 heterocycles. The van der Waals surface area contributed by atoms with Crippen molar-refractivity contribution in [1.82, 2.24) is 4.98 Å². The first-order valence-corrected chi connectivity index (χ1v) is 9.25. The van der Waals surface area contributed by atoms with E-state index in [9.17, 15) is 0 Å². The van der Waals surface area contributed by atoms with Crippen LogP contribution in [0.2, 0.25) is 0 Å². The highest BCUT2D eigenvalue weighted by molar-refractivity contribution is 6.27. The number of para-hydroxylation sites is 1. The summed E-state index contributed by atoms with van der Waals surface area (Å²) >= 11 is 0. The number of rotatable bonds is 1. The molecule has 0 unspecified atom stereocenters. The Bertz CT molecular complexity index is 1530. The van der Waals surface area contributed by atoms with Crippen LogP contribution in [-0.4, -0.2) is 4.98 Å². The van der Waals surface area contributed by atoms with Crippen LogP contribution in [0.3, 0.4) is 0 Å². The molecule has 2 aromatic heterocycles. The second-order valence-electron chi connectivity index (χ2n) is 7.02. The molecule has 2 nitrogen and oxygen atoms in total. The number of benzene rings is 4. The minimum absolute atomic E-state index is 0.931. The standard InChI is InChI=1S/C25H17NO/c1-2-7-16-14-19-23-17-9-4-3-8-15(17)12-13-21(23)27-25(19)24-22(16)18-10-5-6-11-20(18)26-24/h2-14,26H,1H3/b7-2+. The van der Waals surface area contributed by atoms with Crippen molar-refractivity contribution in [3.05, 3.63) is 78.4 Å². The molecule has 0 aliphatic heterocycles. The van der Waals surface area contributed by atoms with Gasteiger partial charge in [-0.15, -0.1) is 0 Å². The molecule has 0 aliphatic rings. The molecular formula is C25H17NO. The fourth-order valence-corrected chi connectivity index (χ4v) is 4.37. The molecule has 0 radical (unpaired) electrons. The Morgan fingerprint density at radius 2 is 1.63 bits per heavy atom. The summed E-state index contributed by atoms with van der Waals surface area (Å²) in [6.07, 6.45) is 4.29. The van der Waals surface area contributed by atoms with E-state index in [1.165, 1.54) is 32.5 Å². The molecule has 0 fully saturated rings. The number of allylic oxidation sites excluding steroid dienone is 1. The van der Waals surface area contributed by atoms with Crippen LogP contribution in [0.25, 0.3) is 60.6 Å². The lowest BCUT2D eigenvalue weighted by Gasteiger charge is -2.02. The summed E-state index contributed by atoms with van der Waals surface area (Å²) in [6.45, 7) is 2.06. The van der Waals surface area contributed by atoms with Gasteiger partial charge in [0, 0.05) is 27.1 Å². The Morgan fingerprint density at radius 3 is 2.52 bits per heavy atom. The van der Waals surface area contributed by atoms with Gasteiger partial charge in [0.05, 0.1) is 5.52 Å². The zero-order chi connectivity index (χ0) is 18.0. The third-order valence-electron chi connectivity index (χ3n) is 5.48. The maximum Gasteiger partial charge on any atom is 0.159 e. The Hall–Kier alpha value is -3.52. The summed E-state index contributed by atoms with van der Waals surface area (Å²) in [5.74, 6) is 0. The van der Waals surface area contributed by atoms with Gasteiger partial charge in [-0.3, -0.25) is 0 Å². The Kier molecular flexibility index (Phi) is 2.84. The first-order chi connectivity index (χ1) is 13.3. The smallest absolute Gasteiger partial charge is 0.159 e. The molecule has 1 N–H and O–H groups in total. The van der Waals surface area contributed by atoms with Crippen LogP contribution in [0.4, 0.5) is 0 Å². The number of aromatic nitrogens is 1. The third-order valence-corrected chi connectivity index (χ3v) is 5.48. The first kappa shape index (κ1) is 14.6. The van der Waals surface area contributed by atoms with Crippen molar-refractivity contribution in [2.24, 2.45) is 0 Å². The quantitative estimate of drug-likeness (QED) is 0.330. The highest BCUT2D eigenvalue weighted by atomic mass is 16.3. The Morgan fingerprint density at radius 1 is 0.815 bits per heavy atom. The minimum Gasteiger partial charge on any atom is -0.454 e. The SMILES string of the molecule is C/C=C/c1cc2c(oc3ccc4ccccc4c32)c2[nH]c3ccccc3c12. The number of hydrogen-bond donors (Lipinski definition) is 1. The summed E-state index contributed by atoms with van der Waals surface area (Å²) in [5, 5.41) is 7.27.